The van der Waals surface area contributed by atoms with Crippen molar-refractivity contribution in [2.45, 2.75) is 12.8 Å². The van der Waals surface area contributed by atoms with Gasteiger partial charge in [-0.1, -0.05) is 0 Å². The molecule has 0 aromatic carbocycles. The van der Waals surface area contributed by atoms with Crippen LogP contribution in [0.25, 0.3) is 0 Å². The van der Waals surface area contributed by atoms with Crippen LogP contribution >= 0.6 is 27.3 Å². The first-order valence-corrected chi connectivity index (χ1v) is 10.8. The first-order chi connectivity index (χ1) is 12.9. The van der Waals surface area contributed by atoms with Crippen molar-refractivity contribution in [1.29, 1.82) is 0 Å². The SMILES string of the molecule is CN1CCN(C(=O)C2CCN(C(=O)CNC(=O)c3ccc(Br)s3)CC2)CC1. The molecule has 0 radical (unpaired) electrons. The normalized spacial score (nSPS) is 19.2. The van der Waals surface area contributed by atoms with Crippen molar-refractivity contribution in [3.63, 3.8) is 0 Å². The van der Waals surface area contributed by atoms with Crippen LogP contribution in [-0.2, 0) is 9.59 Å². The highest BCUT2D eigenvalue weighted by Crippen LogP contribution is 2.22. The van der Waals surface area contributed by atoms with Crippen LogP contribution in [-0.4, -0.2) is 85.3 Å². The Morgan fingerprint density at radius 3 is 2.33 bits per heavy atom. The fraction of sp³-hybridized carbons (Fsp3) is 0.611. The van der Waals surface area contributed by atoms with Gasteiger partial charge in [0.25, 0.3) is 5.91 Å². The van der Waals surface area contributed by atoms with Crippen molar-refractivity contribution in [3.8, 4) is 0 Å². The Labute approximate surface area is 171 Å². The van der Waals surface area contributed by atoms with E-state index in [-0.39, 0.29) is 30.2 Å². The van der Waals surface area contributed by atoms with Gasteiger partial charge in [-0.15, -0.1) is 11.3 Å². The molecule has 1 aromatic heterocycles. The summed E-state index contributed by atoms with van der Waals surface area (Å²) in [5, 5.41) is 2.68. The lowest BCUT2D eigenvalue weighted by molar-refractivity contribution is -0.141. The topological polar surface area (TPSA) is 73.0 Å². The molecule has 2 aliphatic rings. The third kappa shape index (κ3) is 5.30. The molecule has 0 aliphatic carbocycles. The van der Waals surface area contributed by atoms with Gasteiger partial charge >= 0.3 is 0 Å². The van der Waals surface area contributed by atoms with E-state index < -0.39 is 0 Å². The number of nitrogens with zero attached hydrogens (tertiary/aromatic N) is 3. The Balaban J connectivity index is 1.41. The van der Waals surface area contributed by atoms with E-state index in [1.54, 1.807) is 11.0 Å². The molecule has 0 saturated carbocycles. The molecule has 3 heterocycles. The lowest BCUT2D eigenvalue weighted by Gasteiger charge is -2.37. The molecule has 3 amide bonds. The van der Waals surface area contributed by atoms with E-state index in [1.165, 1.54) is 11.3 Å². The highest BCUT2D eigenvalue weighted by Gasteiger charge is 2.31. The average Bonchev–Trinajstić information content (AvgIpc) is 3.12. The molecule has 0 atom stereocenters. The number of thiophene rings is 1. The van der Waals surface area contributed by atoms with Crippen molar-refractivity contribution in [2.75, 3.05) is 52.9 Å². The van der Waals surface area contributed by atoms with Gasteiger partial charge in [0.05, 0.1) is 15.2 Å². The number of piperazine rings is 1. The number of carbonyl (C=O) groups excluding carboxylic acids is 3. The molecular weight excluding hydrogens is 432 g/mol. The molecular formula is C18H25BrN4O3S. The average molecular weight is 457 g/mol. The van der Waals surface area contributed by atoms with Gasteiger partial charge < -0.3 is 20.0 Å². The lowest BCUT2D eigenvalue weighted by atomic mass is 9.95. The molecule has 9 heteroatoms. The number of likely N-dealkylation sites (tertiary alicyclic amines) is 1. The number of piperidine rings is 1. The summed E-state index contributed by atoms with van der Waals surface area (Å²) in [6.45, 7) is 4.56. The zero-order chi connectivity index (χ0) is 19.4. The van der Waals surface area contributed by atoms with E-state index >= 15 is 0 Å². The van der Waals surface area contributed by atoms with Crippen LogP contribution in [0.5, 0.6) is 0 Å². The molecule has 27 heavy (non-hydrogen) atoms. The second-order valence-corrected chi connectivity index (χ2v) is 9.53. The third-order valence-electron chi connectivity index (χ3n) is 5.21. The number of hydrogen-bond acceptors (Lipinski definition) is 5. The molecule has 1 aromatic rings. The summed E-state index contributed by atoms with van der Waals surface area (Å²) in [6.07, 6.45) is 1.39. The van der Waals surface area contributed by atoms with Gasteiger partial charge in [-0.25, -0.2) is 0 Å². The standard InChI is InChI=1S/C18H25BrN4O3S/c1-21-8-10-23(11-9-21)18(26)13-4-6-22(7-5-13)16(24)12-20-17(25)14-2-3-15(19)27-14/h2-3,13H,4-12H2,1H3,(H,20,25). The quantitative estimate of drug-likeness (QED) is 0.739. The van der Waals surface area contributed by atoms with Gasteiger partial charge in [0.1, 0.15) is 0 Å². The monoisotopic (exact) mass is 456 g/mol. The molecule has 0 spiro atoms. The molecule has 0 unspecified atom stereocenters. The van der Waals surface area contributed by atoms with E-state index in [2.05, 4.69) is 33.2 Å². The first kappa shape index (κ1) is 20.3. The minimum absolute atomic E-state index is 0.00851. The van der Waals surface area contributed by atoms with Crippen LogP contribution in [0.1, 0.15) is 22.5 Å². The van der Waals surface area contributed by atoms with E-state index in [0.717, 1.165) is 30.0 Å². The summed E-state index contributed by atoms with van der Waals surface area (Å²) in [7, 11) is 2.07. The number of nitrogens with one attached hydrogen (secondary N) is 1. The van der Waals surface area contributed by atoms with Crippen molar-refractivity contribution < 1.29 is 14.4 Å². The van der Waals surface area contributed by atoms with Crippen LogP contribution in [0.15, 0.2) is 15.9 Å². The largest absolute Gasteiger partial charge is 0.342 e. The fourth-order valence-corrected chi connectivity index (χ4v) is 4.75. The van der Waals surface area contributed by atoms with E-state index in [0.29, 0.717) is 30.8 Å². The second-order valence-electron chi connectivity index (χ2n) is 7.07. The Morgan fingerprint density at radius 1 is 1.07 bits per heavy atom. The van der Waals surface area contributed by atoms with Crippen LogP contribution < -0.4 is 5.32 Å². The van der Waals surface area contributed by atoms with Gasteiger partial charge in [-0.3, -0.25) is 14.4 Å². The van der Waals surface area contributed by atoms with Gasteiger partial charge in [-0.05, 0) is 48.0 Å². The maximum Gasteiger partial charge on any atom is 0.261 e. The number of amides is 3. The van der Waals surface area contributed by atoms with Gasteiger partial charge in [0, 0.05) is 45.2 Å². The highest BCUT2D eigenvalue weighted by atomic mass is 79.9. The van der Waals surface area contributed by atoms with E-state index in [1.807, 2.05) is 11.0 Å². The minimum atomic E-state index is -0.237. The smallest absolute Gasteiger partial charge is 0.261 e. The lowest BCUT2D eigenvalue weighted by Crippen LogP contribution is -2.51. The fourth-order valence-electron chi connectivity index (χ4n) is 3.45. The third-order valence-corrected chi connectivity index (χ3v) is 6.83. The molecule has 2 aliphatic heterocycles. The number of halogens is 1. The van der Waals surface area contributed by atoms with Gasteiger partial charge in [0.15, 0.2) is 0 Å². The summed E-state index contributed by atoms with van der Waals surface area (Å²) >= 11 is 4.66. The van der Waals surface area contributed by atoms with Crippen LogP contribution in [0, 0.1) is 5.92 Å². The van der Waals surface area contributed by atoms with Crippen molar-refractivity contribution in [2.24, 2.45) is 5.92 Å². The number of carbonyl (C=O) groups is 3. The maximum atomic E-state index is 12.7. The van der Waals surface area contributed by atoms with Crippen LogP contribution in [0.4, 0.5) is 0 Å². The first-order valence-electron chi connectivity index (χ1n) is 9.22. The van der Waals surface area contributed by atoms with Crippen molar-refractivity contribution in [1.82, 2.24) is 20.0 Å². The number of rotatable bonds is 4. The van der Waals surface area contributed by atoms with Crippen molar-refractivity contribution >= 4 is 45.0 Å². The van der Waals surface area contributed by atoms with E-state index in [9.17, 15) is 14.4 Å². The summed E-state index contributed by atoms with van der Waals surface area (Å²) in [5.74, 6) is -0.0917. The van der Waals surface area contributed by atoms with Gasteiger partial charge in [0.2, 0.25) is 11.8 Å². The van der Waals surface area contributed by atoms with E-state index in [4.69, 9.17) is 0 Å². The zero-order valence-corrected chi connectivity index (χ0v) is 17.9. The number of likely N-dealkylation sites (N-methyl/N-ethyl adjacent to an activating group) is 1. The summed E-state index contributed by atoms with van der Waals surface area (Å²) in [4.78, 5) is 43.6. The molecule has 2 saturated heterocycles. The second kappa shape index (κ2) is 9.16. The highest BCUT2D eigenvalue weighted by molar-refractivity contribution is 9.11. The number of hydrogen-bond donors (Lipinski definition) is 1. The predicted octanol–water partition coefficient (Wildman–Crippen LogP) is 1.25. The van der Waals surface area contributed by atoms with Crippen LogP contribution in [0.3, 0.4) is 0 Å². The van der Waals surface area contributed by atoms with Crippen molar-refractivity contribution in [3.05, 3.63) is 20.8 Å². The minimum Gasteiger partial charge on any atom is -0.342 e. The van der Waals surface area contributed by atoms with Gasteiger partial charge in [-0.2, -0.15) is 0 Å². The molecule has 1 N–H and O–H groups in total. The van der Waals surface area contributed by atoms with Crippen LogP contribution in [0.2, 0.25) is 0 Å². The molecule has 148 valence electrons. The molecule has 2 fully saturated rings. The molecule has 0 bridgehead atoms. The summed E-state index contributed by atoms with van der Waals surface area (Å²) in [6, 6.07) is 3.54. The molecule has 3 rings (SSSR count). The maximum absolute atomic E-state index is 12.7. The Morgan fingerprint density at radius 2 is 1.74 bits per heavy atom. The predicted molar refractivity (Wildman–Crippen MR) is 108 cm³/mol. The summed E-state index contributed by atoms with van der Waals surface area (Å²) in [5.41, 5.74) is 0. The molecule has 7 nitrogen and oxygen atoms in total. The Kier molecular flexibility index (Phi) is 6.88. The Hall–Kier alpha value is -1.45. The zero-order valence-electron chi connectivity index (χ0n) is 15.4. The summed E-state index contributed by atoms with van der Waals surface area (Å²) < 4.78 is 0.881. The Bertz CT molecular complexity index is 695.